The molecule has 1 aromatic rings. The fourth-order valence-corrected chi connectivity index (χ4v) is 2.24. The van der Waals surface area contributed by atoms with Gasteiger partial charge < -0.3 is 15.4 Å². The van der Waals surface area contributed by atoms with Gasteiger partial charge in [0, 0.05) is 6.54 Å². The second kappa shape index (κ2) is 5.21. The molecule has 0 aromatic heterocycles. The lowest BCUT2D eigenvalue weighted by Gasteiger charge is -2.27. The average molecular weight is 220 g/mol. The first-order valence-corrected chi connectivity index (χ1v) is 5.95. The highest BCUT2D eigenvalue weighted by atomic mass is 16.5. The first-order chi connectivity index (χ1) is 7.85. The lowest BCUT2D eigenvalue weighted by Crippen LogP contribution is -2.32. The number of hydrogen-bond donors (Lipinski definition) is 2. The van der Waals surface area contributed by atoms with Gasteiger partial charge in [-0.2, -0.15) is 0 Å². The zero-order valence-corrected chi connectivity index (χ0v) is 10.0. The summed E-state index contributed by atoms with van der Waals surface area (Å²) >= 11 is 0. The summed E-state index contributed by atoms with van der Waals surface area (Å²) in [6.07, 6.45) is 1.13. The second-order valence-corrected chi connectivity index (χ2v) is 4.25. The van der Waals surface area contributed by atoms with Crippen molar-refractivity contribution in [2.45, 2.75) is 13.3 Å². The van der Waals surface area contributed by atoms with Crippen LogP contribution in [0.1, 0.15) is 12.5 Å². The zero-order valence-electron chi connectivity index (χ0n) is 10.0. The molecule has 1 atom stereocenters. The summed E-state index contributed by atoms with van der Waals surface area (Å²) in [4.78, 5) is 0. The van der Waals surface area contributed by atoms with Crippen molar-refractivity contribution in [1.82, 2.24) is 5.32 Å². The molecule has 2 rings (SSSR count). The first-order valence-electron chi connectivity index (χ1n) is 5.95. The van der Waals surface area contributed by atoms with E-state index in [9.17, 15) is 0 Å². The molecule has 1 aliphatic heterocycles. The highest BCUT2D eigenvalue weighted by Crippen LogP contribution is 2.33. The second-order valence-electron chi connectivity index (χ2n) is 4.25. The maximum atomic E-state index is 5.35. The molecule has 3 nitrogen and oxygen atoms in total. The number of anilines is 1. The minimum atomic E-state index is 0.680. The maximum absolute atomic E-state index is 5.35. The Balaban J connectivity index is 2.09. The number of ether oxygens (including phenoxy) is 1. The molecule has 0 saturated carbocycles. The lowest BCUT2D eigenvalue weighted by molar-refractivity contribution is 0.412. The van der Waals surface area contributed by atoms with Crippen LogP contribution in [0.5, 0.6) is 5.75 Å². The van der Waals surface area contributed by atoms with Crippen LogP contribution in [0.3, 0.4) is 0 Å². The first kappa shape index (κ1) is 11.3. The number of fused-ring (bicyclic) bond motifs is 1. The van der Waals surface area contributed by atoms with E-state index in [1.54, 1.807) is 7.11 Å². The van der Waals surface area contributed by atoms with Crippen molar-refractivity contribution < 1.29 is 4.74 Å². The minimum absolute atomic E-state index is 0.680. The molecule has 0 spiro atoms. The van der Waals surface area contributed by atoms with Gasteiger partial charge in [0.1, 0.15) is 5.75 Å². The van der Waals surface area contributed by atoms with Gasteiger partial charge in [0.05, 0.1) is 12.8 Å². The van der Waals surface area contributed by atoms with Gasteiger partial charge in [-0.1, -0.05) is 19.1 Å². The molecule has 0 saturated heterocycles. The van der Waals surface area contributed by atoms with E-state index in [1.807, 2.05) is 6.07 Å². The molecule has 0 radical (unpaired) electrons. The molecular weight excluding hydrogens is 200 g/mol. The Bertz CT molecular complexity index is 352. The van der Waals surface area contributed by atoms with Crippen LogP contribution in [0.2, 0.25) is 0 Å². The van der Waals surface area contributed by atoms with E-state index in [4.69, 9.17) is 4.74 Å². The van der Waals surface area contributed by atoms with Crippen molar-refractivity contribution in [2.75, 3.05) is 32.1 Å². The van der Waals surface area contributed by atoms with Crippen molar-refractivity contribution in [2.24, 2.45) is 5.92 Å². The lowest BCUT2D eigenvalue weighted by atomic mass is 9.93. The van der Waals surface area contributed by atoms with Gasteiger partial charge in [-0.05, 0) is 37.1 Å². The molecule has 1 aliphatic rings. The SMILES string of the molecule is CCNCC1CNc2c(cccc2OC)C1. The van der Waals surface area contributed by atoms with Gasteiger partial charge in [0.25, 0.3) is 0 Å². The Morgan fingerprint density at radius 2 is 2.38 bits per heavy atom. The fraction of sp³-hybridized carbons (Fsp3) is 0.538. The van der Waals surface area contributed by atoms with Crippen molar-refractivity contribution in [3.8, 4) is 5.75 Å². The van der Waals surface area contributed by atoms with Crippen molar-refractivity contribution in [1.29, 1.82) is 0 Å². The van der Waals surface area contributed by atoms with Crippen LogP contribution in [0.15, 0.2) is 18.2 Å². The van der Waals surface area contributed by atoms with E-state index >= 15 is 0 Å². The molecular formula is C13H20N2O. The fourth-order valence-electron chi connectivity index (χ4n) is 2.24. The number of methoxy groups -OCH3 is 1. The van der Waals surface area contributed by atoms with Gasteiger partial charge >= 0.3 is 0 Å². The third-order valence-corrected chi connectivity index (χ3v) is 3.09. The van der Waals surface area contributed by atoms with Crippen molar-refractivity contribution >= 4 is 5.69 Å². The highest BCUT2D eigenvalue weighted by Gasteiger charge is 2.19. The van der Waals surface area contributed by atoms with Crippen LogP contribution in [-0.4, -0.2) is 26.7 Å². The quantitative estimate of drug-likeness (QED) is 0.813. The van der Waals surface area contributed by atoms with Crippen LogP contribution in [-0.2, 0) is 6.42 Å². The smallest absolute Gasteiger partial charge is 0.142 e. The van der Waals surface area contributed by atoms with Crippen molar-refractivity contribution in [3.05, 3.63) is 23.8 Å². The van der Waals surface area contributed by atoms with Crippen LogP contribution in [0, 0.1) is 5.92 Å². The third-order valence-electron chi connectivity index (χ3n) is 3.09. The standard InChI is InChI=1S/C13H20N2O/c1-3-14-8-10-7-11-5-4-6-12(16-2)13(11)15-9-10/h4-6,10,14-15H,3,7-9H2,1-2H3. The summed E-state index contributed by atoms with van der Waals surface area (Å²) in [5.74, 6) is 1.64. The average Bonchev–Trinajstić information content (AvgIpc) is 2.35. The molecule has 1 aromatic carbocycles. The molecule has 88 valence electrons. The van der Waals surface area contributed by atoms with Gasteiger partial charge in [0.15, 0.2) is 0 Å². The minimum Gasteiger partial charge on any atom is -0.495 e. The maximum Gasteiger partial charge on any atom is 0.142 e. The molecule has 2 N–H and O–H groups in total. The number of benzene rings is 1. The van der Waals surface area contributed by atoms with E-state index in [0.717, 1.165) is 31.8 Å². The Morgan fingerprint density at radius 1 is 1.50 bits per heavy atom. The van der Waals surface area contributed by atoms with Crippen LogP contribution in [0.25, 0.3) is 0 Å². The number of nitrogens with one attached hydrogen (secondary N) is 2. The third kappa shape index (κ3) is 2.30. The van der Waals surface area contributed by atoms with E-state index in [0.29, 0.717) is 5.92 Å². The van der Waals surface area contributed by atoms with E-state index < -0.39 is 0 Å². The summed E-state index contributed by atoms with van der Waals surface area (Å²) in [6, 6.07) is 6.26. The van der Waals surface area contributed by atoms with Gasteiger partial charge in [-0.25, -0.2) is 0 Å². The molecule has 0 aliphatic carbocycles. The normalized spacial score (nSPS) is 18.8. The van der Waals surface area contributed by atoms with Crippen molar-refractivity contribution in [3.63, 3.8) is 0 Å². The van der Waals surface area contributed by atoms with E-state index in [-0.39, 0.29) is 0 Å². The molecule has 1 unspecified atom stereocenters. The summed E-state index contributed by atoms with van der Waals surface area (Å²) in [5, 5.41) is 6.88. The number of rotatable bonds is 4. The summed E-state index contributed by atoms with van der Waals surface area (Å²) < 4.78 is 5.35. The Morgan fingerprint density at radius 3 is 3.12 bits per heavy atom. The Hall–Kier alpha value is -1.22. The zero-order chi connectivity index (χ0) is 11.4. The van der Waals surface area contributed by atoms with Crippen LogP contribution >= 0.6 is 0 Å². The van der Waals surface area contributed by atoms with E-state index in [1.165, 1.54) is 11.3 Å². The van der Waals surface area contributed by atoms with Gasteiger partial charge in [0.2, 0.25) is 0 Å². The van der Waals surface area contributed by atoms with Gasteiger partial charge in [-0.3, -0.25) is 0 Å². The molecule has 0 bridgehead atoms. The molecule has 1 heterocycles. The summed E-state index contributed by atoms with van der Waals surface area (Å²) in [7, 11) is 1.72. The highest BCUT2D eigenvalue weighted by molar-refractivity contribution is 5.63. The number of para-hydroxylation sites is 1. The Labute approximate surface area is 97.2 Å². The molecule has 0 fully saturated rings. The summed E-state index contributed by atoms with van der Waals surface area (Å²) in [6.45, 7) is 5.30. The predicted octanol–water partition coefficient (Wildman–Crippen LogP) is 1.89. The summed E-state index contributed by atoms with van der Waals surface area (Å²) in [5.41, 5.74) is 2.55. The van der Waals surface area contributed by atoms with Crippen LogP contribution in [0.4, 0.5) is 5.69 Å². The van der Waals surface area contributed by atoms with E-state index in [2.05, 4.69) is 29.7 Å². The van der Waals surface area contributed by atoms with Crippen LogP contribution < -0.4 is 15.4 Å². The largest absolute Gasteiger partial charge is 0.495 e. The predicted molar refractivity (Wildman–Crippen MR) is 67.2 cm³/mol. The monoisotopic (exact) mass is 220 g/mol. The molecule has 16 heavy (non-hydrogen) atoms. The van der Waals surface area contributed by atoms with Gasteiger partial charge in [-0.15, -0.1) is 0 Å². The number of hydrogen-bond acceptors (Lipinski definition) is 3. The Kier molecular flexibility index (Phi) is 3.67. The molecule has 3 heteroatoms. The topological polar surface area (TPSA) is 33.3 Å². The molecule has 0 amide bonds.